The molecule has 1 rings (SSSR count). The lowest BCUT2D eigenvalue weighted by Crippen LogP contribution is -2.56. The number of aliphatic hydroxyl groups excluding tert-OH is 3. The van der Waals surface area contributed by atoms with E-state index in [0.29, 0.717) is 32.4 Å². The summed E-state index contributed by atoms with van der Waals surface area (Å²) in [6.07, 6.45) is 38.9. The maximum atomic E-state index is 14.2. The number of cyclic esters (lactones) is 1. The van der Waals surface area contributed by atoms with Crippen LogP contribution in [0.2, 0.25) is 0 Å². The number of carbonyl (C=O) groups is 2. The van der Waals surface area contributed by atoms with Crippen molar-refractivity contribution in [1.29, 1.82) is 0 Å². The van der Waals surface area contributed by atoms with E-state index in [9.17, 15) is 24.9 Å². The zero-order valence-corrected chi connectivity index (χ0v) is 40.3. The molecule has 1 saturated heterocycles. The van der Waals surface area contributed by atoms with Crippen LogP contribution in [0.25, 0.3) is 0 Å². The van der Waals surface area contributed by atoms with Crippen molar-refractivity contribution >= 4 is 11.9 Å². The summed E-state index contributed by atoms with van der Waals surface area (Å²) in [5, 5.41) is 33.7. The van der Waals surface area contributed by atoms with Crippen LogP contribution in [-0.4, -0.2) is 93.6 Å². The van der Waals surface area contributed by atoms with Gasteiger partial charge in [-0.1, -0.05) is 227 Å². The molecule has 0 aromatic carbocycles. The smallest absolute Gasteiger partial charge is 0.324 e. The normalized spacial score (nSPS) is 17.5. The molecule has 3 N–H and O–H groups in total. The quantitative estimate of drug-likeness (QED) is 0.0414. The van der Waals surface area contributed by atoms with Crippen LogP contribution >= 0.6 is 0 Å². The number of aliphatic hydroxyl groups is 3. The van der Waals surface area contributed by atoms with E-state index in [-0.39, 0.29) is 37.5 Å². The van der Waals surface area contributed by atoms with Crippen LogP contribution < -0.4 is 0 Å². The number of β-amino-alcohol motifs (C(OH)–C–C–N with tert-alkyl or cyclic N) is 1. The van der Waals surface area contributed by atoms with Crippen molar-refractivity contribution < 1.29 is 29.6 Å². The van der Waals surface area contributed by atoms with Crippen LogP contribution in [0.1, 0.15) is 265 Å². The molecule has 5 atom stereocenters. The lowest BCUT2D eigenvalue weighted by molar-refractivity contribution is -0.170. The largest absolute Gasteiger partial charge is 0.460 e. The van der Waals surface area contributed by atoms with Gasteiger partial charge < -0.3 is 25.0 Å². The standard InChI is InChI=1S/C52H102N2O6/c1-5-9-13-17-21-25-29-33-37-46(55)42-53-45-49(40-36-32-28-24-20-16-12-8-4)60-52(59)50(53)41-51(58)54(43-47(56)38-34-30-26-22-18-14-10-6-2)44-48(57)39-35-31-27-23-19-15-11-7-3/h46-50,55-57H,5-45H2,1-4H3. The summed E-state index contributed by atoms with van der Waals surface area (Å²) in [7, 11) is 0. The molecule has 0 bridgehead atoms. The fourth-order valence-corrected chi connectivity index (χ4v) is 9.06. The van der Waals surface area contributed by atoms with E-state index in [1.807, 2.05) is 4.90 Å². The topological polar surface area (TPSA) is 111 Å². The van der Waals surface area contributed by atoms with Crippen molar-refractivity contribution in [3.8, 4) is 0 Å². The van der Waals surface area contributed by atoms with Crippen molar-refractivity contribution in [2.75, 3.05) is 26.2 Å². The van der Waals surface area contributed by atoms with Crippen molar-refractivity contribution in [3.63, 3.8) is 0 Å². The molecule has 0 aliphatic carbocycles. The molecule has 0 radical (unpaired) electrons. The van der Waals surface area contributed by atoms with Gasteiger partial charge in [-0.05, 0) is 32.1 Å². The second kappa shape index (κ2) is 40.5. The number of rotatable bonds is 44. The highest BCUT2D eigenvalue weighted by Crippen LogP contribution is 2.24. The average molecular weight is 851 g/mol. The fourth-order valence-electron chi connectivity index (χ4n) is 9.06. The summed E-state index contributed by atoms with van der Waals surface area (Å²) >= 11 is 0. The Labute approximate surface area is 372 Å². The molecular weight excluding hydrogens is 749 g/mol. The summed E-state index contributed by atoms with van der Waals surface area (Å²) in [4.78, 5) is 31.7. The van der Waals surface area contributed by atoms with Gasteiger partial charge in [0.05, 0.1) is 24.7 Å². The van der Waals surface area contributed by atoms with E-state index < -0.39 is 24.4 Å². The van der Waals surface area contributed by atoms with Gasteiger partial charge in [0.2, 0.25) is 5.91 Å². The number of hydrogen-bond donors (Lipinski definition) is 3. The second-order valence-electron chi connectivity index (χ2n) is 19.0. The van der Waals surface area contributed by atoms with Gasteiger partial charge in [0.15, 0.2) is 0 Å². The van der Waals surface area contributed by atoms with Crippen LogP contribution in [0.3, 0.4) is 0 Å². The average Bonchev–Trinajstić information content (AvgIpc) is 3.22. The predicted molar refractivity (Wildman–Crippen MR) is 253 cm³/mol. The lowest BCUT2D eigenvalue weighted by Gasteiger charge is -2.40. The molecule has 60 heavy (non-hydrogen) atoms. The van der Waals surface area contributed by atoms with E-state index in [4.69, 9.17) is 4.74 Å². The van der Waals surface area contributed by atoms with Gasteiger partial charge in [0, 0.05) is 26.2 Å². The number of hydrogen-bond acceptors (Lipinski definition) is 7. The van der Waals surface area contributed by atoms with E-state index in [0.717, 1.165) is 57.8 Å². The third-order valence-electron chi connectivity index (χ3n) is 13.0. The highest BCUT2D eigenvalue weighted by molar-refractivity contribution is 5.86. The third kappa shape index (κ3) is 31.6. The highest BCUT2D eigenvalue weighted by atomic mass is 16.5. The Hall–Kier alpha value is -1.22. The Balaban J connectivity index is 2.93. The molecule has 1 aliphatic rings. The summed E-state index contributed by atoms with van der Waals surface area (Å²) in [6, 6.07) is -0.780. The molecule has 356 valence electrons. The van der Waals surface area contributed by atoms with Crippen LogP contribution in [0.5, 0.6) is 0 Å². The third-order valence-corrected chi connectivity index (χ3v) is 13.0. The number of nitrogens with zero attached hydrogens (tertiary/aromatic N) is 2. The van der Waals surface area contributed by atoms with Crippen molar-refractivity contribution in [1.82, 2.24) is 9.80 Å². The highest BCUT2D eigenvalue weighted by Gasteiger charge is 2.39. The van der Waals surface area contributed by atoms with E-state index in [2.05, 4.69) is 27.7 Å². The van der Waals surface area contributed by atoms with Gasteiger partial charge in [0.1, 0.15) is 12.1 Å². The van der Waals surface area contributed by atoms with Crippen molar-refractivity contribution in [2.45, 2.75) is 296 Å². The van der Waals surface area contributed by atoms with Gasteiger partial charge in [0.25, 0.3) is 0 Å². The molecule has 1 heterocycles. The van der Waals surface area contributed by atoms with Crippen LogP contribution in [0.15, 0.2) is 0 Å². The Morgan fingerprint density at radius 3 is 1.25 bits per heavy atom. The van der Waals surface area contributed by atoms with Gasteiger partial charge in [-0.3, -0.25) is 14.5 Å². The maximum Gasteiger partial charge on any atom is 0.324 e. The van der Waals surface area contributed by atoms with Crippen molar-refractivity contribution in [3.05, 3.63) is 0 Å². The molecule has 0 saturated carbocycles. The van der Waals surface area contributed by atoms with Gasteiger partial charge in [-0.25, -0.2) is 0 Å². The maximum absolute atomic E-state index is 14.2. The SMILES string of the molecule is CCCCCCCCCCC(O)CN(CC(O)CCCCCCCCCC)C(=O)CC1C(=O)OC(CCCCCCCCCC)CN1CC(O)CCCCCCCCCC. The Bertz CT molecular complexity index is 937. The molecule has 0 aromatic rings. The minimum atomic E-state index is -0.780. The van der Waals surface area contributed by atoms with Crippen molar-refractivity contribution in [2.24, 2.45) is 0 Å². The minimum absolute atomic E-state index is 0.0667. The molecular formula is C52H102N2O6. The summed E-state index contributed by atoms with van der Waals surface area (Å²) < 4.78 is 6.05. The van der Waals surface area contributed by atoms with E-state index >= 15 is 0 Å². The minimum Gasteiger partial charge on any atom is -0.460 e. The van der Waals surface area contributed by atoms with Crippen LogP contribution in [0.4, 0.5) is 0 Å². The first-order valence-corrected chi connectivity index (χ1v) is 26.5. The number of unbranched alkanes of at least 4 members (excludes halogenated alkanes) is 28. The summed E-state index contributed by atoms with van der Waals surface area (Å²) in [6.45, 7) is 10.2. The first-order valence-electron chi connectivity index (χ1n) is 26.5. The second-order valence-corrected chi connectivity index (χ2v) is 19.0. The number of morpholine rings is 1. The Morgan fingerprint density at radius 2 is 0.867 bits per heavy atom. The predicted octanol–water partition coefficient (Wildman–Crippen LogP) is 13.0. The molecule has 8 heteroatoms. The van der Waals surface area contributed by atoms with Crippen LogP contribution in [-0.2, 0) is 14.3 Å². The molecule has 0 aromatic heterocycles. The molecule has 5 unspecified atom stereocenters. The van der Waals surface area contributed by atoms with Gasteiger partial charge in [-0.15, -0.1) is 0 Å². The molecule has 8 nitrogen and oxygen atoms in total. The first kappa shape index (κ1) is 56.8. The zero-order chi connectivity index (χ0) is 43.9. The number of carbonyl (C=O) groups excluding carboxylic acids is 2. The molecule has 1 amide bonds. The molecule has 1 fully saturated rings. The summed E-state index contributed by atoms with van der Waals surface area (Å²) in [5.74, 6) is -0.608. The van der Waals surface area contributed by atoms with Gasteiger partial charge in [-0.2, -0.15) is 0 Å². The van der Waals surface area contributed by atoms with E-state index in [1.165, 1.54) is 154 Å². The molecule has 1 aliphatic heterocycles. The van der Waals surface area contributed by atoms with Gasteiger partial charge >= 0.3 is 5.97 Å². The zero-order valence-electron chi connectivity index (χ0n) is 40.3. The van der Waals surface area contributed by atoms with E-state index in [1.54, 1.807) is 4.90 Å². The lowest BCUT2D eigenvalue weighted by atomic mass is 10.0. The Kier molecular flexibility index (Phi) is 38.4. The monoisotopic (exact) mass is 851 g/mol. The number of esters is 1. The first-order chi connectivity index (χ1) is 29.2. The fraction of sp³-hybridized carbons (Fsp3) is 0.962. The Morgan fingerprint density at radius 1 is 0.533 bits per heavy atom. The van der Waals surface area contributed by atoms with Crippen LogP contribution in [0, 0.1) is 0 Å². The molecule has 0 spiro atoms. The number of ether oxygens (including phenoxy) is 1. The number of amides is 1. The summed E-state index contributed by atoms with van der Waals surface area (Å²) in [5.41, 5.74) is 0.